The summed E-state index contributed by atoms with van der Waals surface area (Å²) in [4.78, 5) is 2.13. The van der Waals surface area contributed by atoms with Gasteiger partial charge in [0.2, 0.25) is 0 Å². The van der Waals surface area contributed by atoms with Crippen LogP contribution in [0.3, 0.4) is 0 Å². The molecular formula is C11H25NO2. The number of nitrogens with zero attached hydrogens (tertiary/aromatic N) is 1. The number of ether oxygens (including phenoxy) is 2. The predicted molar refractivity (Wildman–Crippen MR) is 59.7 cm³/mol. The second kappa shape index (κ2) is 8.21. The summed E-state index contributed by atoms with van der Waals surface area (Å²) in [6, 6.07) is 0. The van der Waals surface area contributed by atoms with Gasteiger partial charge in [-0.1, -0.05) is 6.92 Å². The van der Waals surface area contributed by atoms with Crippen molar-refractivity contribution in [1.82, 2.24) is 4.90 Å². The van der Waals surface area contributed by atoms with Crippen LogP contribution in [0.2, 0.25) is 0 Å². The molecule has 14 heavy (non-hydrogen) atoms. The number of hydrogen-bond donors (Lipinski definition) is 0. The summed E-state index contributed by atoms with van der Waals surface area (Å²) < 4.78 is 11.2. The van der Waals surface area contributed by atoms with Gasteiger partial charge < -0.3 is 14.4 Å². The van der Waals surface area contributed by atoms with Crippen LogP contribution < -0.4 is 0 Å². The zero-order valence-electron chi connectivity index (χ0n) is 10.2. The molecule has 2 unspecified atom stereocenters. The first-order valence-electron chi connectivity index (χ1n) is 5.48. The maximum Gasteiger partial charge on any atom is 0.0938 e. The molecule has 0 amide bonds. The van der Waals surface area contributed by atoms with E-state index in [0.29, 0.717) is 12.7 Å². The van der Waals surface area contributed by atoms with Crippen LogP contribution in [0.25, 0.3) is 0 Å². The predicted octanol–water partition coefficient (Wildman–Crippen LogP) is 1.77. The highest BCUT2D eigenvalue weighted by molar-refractivity contribution is 4.62. The smallest absolute Gasteiger partial charge is 0.0938 e. The lowest BCUT2D eigenvalue weighted by molar-refractivity contribution is -0.0583. The third-order valence-corrected chi connectivity index (χ3v) is 2.08. The Hall–Kier alpha value is -0.120. The van der Waals surface area contributed by atoms with Gasteiger partial charge in [-0.2, -0.15) is 0 Å². The minimum Gasteiger partial charge on any atom is -0.379 e. The minimum atomic E-state index is 0.194. The van der Waals surface area contributed by atoms with Gasteiger partial charge in [0.15, 0.2) is 0 Å². The maximum absolute atomic E-state index is 5.85. The molecule has 0 aliphatic heterocycles. The van der Waals surface area contributed by atoms with Crippen molar-refractivity contribution in [3.63, 3.8) is 0 Å². The van der Waals surface area contributed by atoms with E-state index in [-0.39, 0.29) is 6.10 Å². The molecule has 3 heteroatoms. The molecule has 86 valence electrons. The van der Waals surface area contributed by atoms with E-state index in [0.717, 1.165) is 19.6 Å². The van der Waals surface area contributed by atoms with Gasteiger partial charge in [-0.05, 0) is 34.4 Å². The first-order valence-corrected chi connectivity index (χ1v) is 5.48. The average molecular weight is 203 g/mol. The maximum atomic E-state index is 5.85. The Morgan fingerprint density at radius 3 is 2.29 bits per heavy atom. The lowest BCUT2D eigenvalue weighted by atomic mass is 10.3. The largest absolute Gasteiger partial charge is 0.379 e. The molecule has 0 bridgehead atoms. The summed E-state index contributed by atoms with van der Waals surface area (Å²) >= 11 is 0. The normalized spacial score (nSPS) is 15.9. The van der Waals surface area contributed by atoms with Crippen molar-refractivity contribution in [3.8, 4) is 0 Å². The van der Waals surface area contributed by atoms with Crippen molar-refractivity contribution < 1.29 is 9.47 Å². The average Bonchev–Trinajstić information content (AvgIpc) is 2.13. The van der Waals surface area contributed by atoms with Crippen LogP contribution in [0, 0.1) is 0 Å². The quantitative estimate of drug-likeness (QED) is 0.600. The molecule has 0 N–H and O–H groups in total. The zero-order valence-corrected chi connectivity index (χ0v) is 10.2. The van der Waals surface area contributed by atoms with E-state index in [4.69, 9.17) is 9.47 Å². The van der Waals surface area contributed by atoms with E-state index in [1.807, 2.05) is 6.92 Å². The van der Waals surface area contributed by atoms with Crippen molar-refractivity contribution in [2.45, 2.75) is 39.4 Å². The first-order chi connectivity index (χ1) is 6.60. The molecule has 0 spiro atoms. The summed E-state index contributed by atoms with van der Waals surface area (Å²) in [6.45, 7) is 8.62. The standard InChI is InChI=1S/C11H25NO2/c1-6-10(3)14-11(8-12(4)5)9-13-7-2/h10-11H,6-9H2,1-5H3. The van der Waals surface area contributed by atoms with Crippen molar-refractivity contribution in [3.05, 3.63) is 0 Å². The topological polar surface area (TPSA) is 21.7 Å². The zero-order chi connectivity index (χ0) is 11.0. The van der Waals surface area contributed by atoms with Crippen molar-refractivity contribution in [1.29, 1.82) is 0 Å². The molecule has 0 radical (unpaired) electrons. The highest BCUT2D eigenvalue weighted by Gasteiger charge is 2.13. The van der Waals surface area contributed by atoms with Gasteiger partial charge >= 0.3 is 0 Å². The lowest BCUT2D eigenvalue weighted by Gasteiger charge is -2.24. The molecule has 0 aromatic carbocycles. The van der Waals surface area contributed by atoms with Gasteiger partial charge in [0.25, 0.3) is 0 Å². The molecule has 0 saturated carbocycles. The molecule has 2 atom stereocenters. The molecule has 0 saturated heterocycles. The van der Waals surface area contributed by atoms with Gasteiger partial charge in [0.05, 0.1) is 18.8 Å². The minimum absolute atomic E-state index is 0.194. The van der Waals surface area contributed by atoms with Gasteiger partial charge in [-0.15, -0.1) is 0 Å². The van der Waals surface area contributed by atoms with E-state index in [9.17, 15) is 0 Å². The van der Waals surface area contributed by atoms with Crippen LogP contribution >= 0.6 is 0 Å². The number of likely N-dealkylation sites (N-methyl/N-ethyl adjacent to an activating group) is 1. The van der Waals surface area contributed by atoms with Gasteiger partial charge in [0, 0.05) is 13.2 Å². The molecule has 0 rings (SSSR count). The van der Waals surface area contributed by atoms with Crippen LogP contribution in [0.5, 0.6) is 0 Å². The van der Waals surface area contributed by atoms with Crippen LogP contribution in [-0.4, -0.2) is 51.0 Å². The second-order valence-corrected chi connectivity index (χ2v) is 3.90. The SMILES string of the molecule is CCOCC(CN(C)C)OC(C)CC. The highest BCUT2D eigenvalue weighted by atomic mass is 16.5. The van der Waals surface area contributed by atoms with Gasteiger partial charge in [0.1, 0.15) is 0 Å². The fourth-order valence-electron chi connectivity index (χ4n) is 1.22. The fraction of sp³-hybridized carbons (Fsp3) is 1.00. The summed E-state index contributed by atoms with van der Waals surface area (Å²) in [6.07, 6.45) is 1.57. The molecule has 0 aliphatic carbocycles. The van der Waals surface area contributed by atoms with Crippen LogP contribution in [-0.2, 0) is 9.47 Å². The monoisotopic (exact) mass is 203 g/mol. The Morgan fingerprint density at radius 1 is 1.21 bits per heavy atom. The van der Waals surface area contributed by atoms with E-state index in [2.05, 4.69) is 32.8 Å². The van der Waals surface area contributed by atoms with Gasteiger partial charge in [-0.3, -0.25) is 0 Å². The van der Waals surface area contributed by atoms with E-state index >= 15 is 0 Å². The summed E-state index contributed by atoms with van der Waals surface area (Å²) in [5.41, 5.74) is 0. The molecule has 0 aromatic heterocycles. The highest BCUT2D eigenvalue weighted by Crippen LogP contribution is 2.04. The van der Waals surface area contributed by atoms with E-state index in [1.165, 1.54) is 0 Å². The lowest BCUT2D eigenvalue weighted by Crippen LogP contribution is -2.34. The Bertz CT molecular complexity index is 128. The molecule has 0 fully saturated rings. The van der Waals surface area contributed by atoms with Crippen LogP contribution in [0.1, 0.15) is 27.2 Å². The Morgan fingerprint density at radius 2 is 1.86 bits per heavy atom. The molecule has 0 aliphatic rings. The van der Waals surface area contributed by atoms with E-state index < -0.39 is 0 Å². The van der Waals surface area contributed by atoms with Crippen molar-refractivity contribution >= 4 is 0 Å². The fourth-order valence-corrected chi connectivity index (χ4v) is 1.22. The Kier molecular flexibility index (Phi) is 8.14. The Balaban J connectivity index is 3.83. The van der Waals surface area contributed by atoms with Crippen LogP contribution in [0.4, 0.5) is 0 Å². The van der Waals surface area contributed by atoms with Crippen molar-refractivity contribution in [2.75, 3.05) is 33.9 Å². The number of rotatable bonds is 8. The van der Waals surface area contributed by atoms with Crippen molar-refractivity contribution in [2.24, 2.45) is 0 Å². The molecular weight excluding hydrogens is 178 g/mol. The first kappa shape index (κ1) is 13.9. The second-order valence-electron chi connectivity index (χ2n) is 3.90. The summed E-state index contributed by atoms with van der Waals surface area (Å²) in [5.74, 6) is 0. The van der Waals surface area contributed by atoms with E-state index in [1.54, 1.807) is 0 Å². The summed E-state index contributed by atoms with van der Waals surface area (Å²) in [5, 5.41) is 0. The molecule has 3 nitrogen and oxygen atoms in total. The molecule has 0 aromatic rings. The Labute approximate surface area is 88.4 Å². The third kappa shape index (κ3) is 7.30. The number of hydrogen-bond acceptors (Lipinski definition) is 3. The third-order valence-electron chi connectivity index (χ3n) is 2.08. The summed E-state index contributed by atoms with van der Waals surface area (Å²) in [7, 11) is 4.11. The van der Waals surface area contributed by atoms with Gasteiger partial charge in [-0.25, -0.2) is 0 Å². The van der Waals surface area contributed by atoms with Crippen LogP contribution in [0.15, 0.2) is 0 Å². The molecule has 0 heterocycles.